The number of benzene rings is 1. The first-order valence-corrected chi connectivity index (χ1v) is 10.6. The number of aromatic carboxylic acids is 1. The molecule has 0 saturated heterocycles. The van der Waals surface area contributed by atoms with Gasteiger partial charge in [-0.3, -0.25) is 0 Å². The van der Waals surface area contributed by atoms with Gasteiger partial charge in [0, 0.05) is 17.1 Å². The quantitative estimate of drug-likeness (QED) is 0.425. The van der Waals surface area contributed by atoms with Gasteiger partial charge < -0.3 is 5.11 Å². The first kappa shape index (κ1) is 18.6. The van der Waals surface area contributed by atoms with E-state index in [1.807, 2.05) is 22.6 Å². The molecule has 0 unspecified atom stereocenters. The van der Waals surface area contributed by atoms with Gasteiger partial charge >= 0.3 is 5.97 Å². The van der Waals surface area contributed by atoms with E-state index in [2.05, 4.69) is 9.97 Å². The second-order valence-electron chi connectivity index (χ2n) is 5.90. The Kier molecular flexibility index (Phi) is 4.63. The monoisotopic (exact) mass is 505 g/mol. The van der Waals surface area contributed by atoms with Crippen LogP contribution in [-0.2, 0) is 10.0 Å². The van der Waals surface area contributed by atoms with Crippen LogP contribution in [0.3, 0.4) is 0 Å². The van der Waals surface area contributed by atoms with Gasteiger partial charge in [0.2, 0.25) is 0 Å². The Morgan fingerprint density at radius 2 is 1.79 bits per heavy atom. The van der Waals surface area contributed by atoms with Crippen LogP contribution < -0.4 is 0 Å². The average molecular weight is 505 g/mol. The van der Waals surface area contributed by atoms with Gasteiger partial charge in [-0.25, -0.2) is 27.2 Å². The molecule has 0 atom stereocenters. The van der Waals surface area contributed by atoms with Crippen LogP contribution in [-0.4, -0.2) is 33.4 Å². The third-order valence-electron chi connectivity index (χ3n) is 4.10. The van der Waals surface area contributed by atoms with Crippen molar-refractivity contribution in [3.8, 4) is 11.3 Å². The van der Waals surface area contributed by atoms with Crippen LogP contribution in [0.1, 0.15) is 10.5 Å². The van der Waals surface area contributed by atoms with Crippen LogP contribution in [0, 0.1) is 3.70 Å². The number of carboxylic acid groups (broad SMARTS) is 1. The molecular formula is C19H12IN3O4S. The summed E-state index contributed by atoms with van der Waals surface area (Å²) in [4.78, 5) is 19.8. The molecule has 1 aromatic carbocycles. The lowest BCUT2D eigenvalue weighted by molar-refractivity contribution is 0.0690. The molecule has 140 valence electrons. The Morgan fingerprint density at radius 1 is 1.04 bits per heavy atom. The number of halogens is 1. The van der Waals surface area contributed by atoms with Crippen molar-refractivity contribution in [1.82, 2.24) is 13.9 Å². The molecule has 0 radical (unpaired) electrons. The number of hydrogen-bond acceptors (Lipinski definition) is 5. The van der Waals surface area contributed by atoms with Crippen molar-refractivity contribution in [2.24, 2.45) is 0 Å². The van der Waals surface area contributed by atoms with Crippen LogP contribution in [0.2, 0.25) is 0 Å². The molecule has 1 N–H and O–H groups in total. The largest absolute Gasteiger partial charge is 0.477 e. The lowest BCUT2D eigenvalue weighted by Gasteiger charge is -2.09. The first-order chi connectivity index (χ1) is 13.4. The summed E-state index contributed by atoms with van der Waals surface area (Å²) >= 11 is 1.96. The normalized spacial score (nSPS) is 11.6. The predicted molar refractivity (Wildman–Crippen MR) is 112 cm³/mol. The molecule has 0 aliphatic carbocycles. The number of aromatic nitrogens is 3. The molecule has 4 aromatic rings. The number of rotatable bonds is 4. The molecule has 7 nitrogen and oxygen atoms in total. The molecule has 28 heavy (non-hydrogen) atoms. The van der Waals surface area contributed by atoms with Crippen LogP contribution in [0.25, 0.3) is 22.3 Å². The number of pyridine rings is 2. The van der Waals surface area contributed by atoms with E-state index in [9.17, 15) is 13.2 Å². The van der Waals surface area contributed by atoms with Crippen molar-refractivity contribution < 1.29 is 18.3 Å². The molecule has 9 heteroatoms. The molecule has 4 rings (SSSR count). The average Bonchev–Trinajstić information content (AvgIpc) is 3.04. The maximum atomic E-state index is 13.0. The van der Waals surface area contributed by atoms with E-state index in [0.29, 0.717) is 26.0 Å². The molecule has 3 heterocycles. The summed E-state index contributed by atoms with van der Waals surface area (Å²) in [5.41, 5.74) is 1.27. The minimum Gasteiger partial charge on any atom is -0.477 e. The summed E-state index contributed by atoms with van der Waals surface area (Å²) in [7, 11) is -3.80. The molecule has 0 bridgehead atoms. The summed E-state index contributed by atoms with van der Waals surface area (Å²) in [5.74, 6) is -1.12. The summed E-state index contributed by atoms with van der Waals surface area (Å²) in [6.07, 6.45) is 1.49. The van der Waals surface area contributed by atoms with Crippen LogP contribution >= 0.6 is 22.6 Å². The third-order valence-corrected chi connectivity index (χ3v) is 6.94. The van der Waals surface area contributed by atoms with Crippen molar-refractivity contribution >= 4 is 49.6 Å². The molecule has 0 amide bonds. The minimum atomic E-state index is -3.80. The fourth-order valence-corrected chi connectivity index (χ4v) is 5.54. The minimum absolute atomic E-state index is 0.0728. The second-order valence-corrected chi connectivity index (χ2v) is 8.79. The molecule has 0 aliphatic heterocycles. The topological polar surface area (TPSA) is 102 Å². The zero-order chi connectivity index (χ0) is 19.9. The highest BCUT2D eigenvalue weighted by Crippen LogP contribution is 2.28. The standard InChI is InChI=1S/C19H12IN3O4S/c20-17-10-12-9-13(15-7-4-8-16(22-15)19(24)25)11-21-18(12)23(17)28(26,27)14-5-2-1-3-6-14/h1-11H,(H,24,25). The zero-order valence-electron chi connectivity index (χ0n) is 14.2. The smallest absolute Gasteiger partial charge is 0.354 e. The fourth-order valence-electron chi connectivity index (χ4n) is 2.82. The SMILES string of the molecule is O=C(O)c1cccc(-c2cnc3c(c2)cc(I)n3S(=O)(=O)c2ccccc2)n1. The van der Waals surface area contributed by atoms with E-state index < -0.39 is 16.0 Å². The number of fused-ring (bicyclic) bond motifs is 1. The lowest BCUT2D eigenvalue weighted by Crippen LogP contribution is -2.14. The number of hydrogen-bond donors (Lipinski definition) is 1. The van der Waals surface area contributed by atoms with Crippen molar-refractivity contribution in [3.05, 3.63) is 76.3 Å². The zero-order valence-corrected chi connectivity index (χ0v) is 17.1. The summed E-state index contributed by atoms with van der Waals surface area (Å²) in [6, 6.07) is 16.3. The van der Waals surface area contributed by atoms with E-state index in [4.69, 9.17) is 5.11 Å². The number of carbonyl (C=O) groups is 1. The van der Waals surface area contributed by atoms with Gasteiger partial charge in [0.25, 0.3) is 10.0 Å². The van der Waals surface area contributed by atoms with E-state index in [1.165, 1.54) is 28.4 Å². The van der Waals surface area contributed by atoms with Crippen LogP contribution in [0.15, 0.2) is 71.8 Å². The Balaban J connectivity index is 1.86. The number of carboxylic acids is 1. The predicted octanol–water partition coefficient (Wildman–Crippen LogP) is 3.64. The maximum Gasteiger partial charge on any atom is 0.354 e. The molecule has 0 spiro atoms. The summed E-state index contributed by atoms with van der Waals surface area (Å²) < 4.78 is 27.8. The van der Waals surface area contributed by atoms with Crippen LogP contribution in [0.5, 0.6) is 0 Å². The molecule has 0 fully saturated rings. The molecule has 0 saturated carbocycles. The maximum absolute atomic E-state index is 13.0. The summed E-state index contributed by atoms with van der Waals surface area (Å²) in [5, 5.41) is 9.73. The highest BCUT2D eigenvalue weighted by Gasteiger charge is 2.23. The van der Waals surface area contributed by atoms with Gasteiger partial charge in [-0.15, -0.1) is 0 Å². The Morgan fingerprint density at radius 3 is 2.50 bits per heavy atom. The van der Waals surface area contributed by atoms with Gasteiger partial charge in [0.1, 0.15) is 5.69 Å². The number of nitrogens with zero attached hydrogens (tertiary/aromatic N) is 3. The Labute approximate surface area is 173 Å². The van der Waals surface area contributed by atoms with E-state index in [0.717, 1.165) is 0 Å². The van der Waals surface area contributed by atoms with Crippen molar-refractivity contribution in [1.29, 1.82) is 0 Å². The molecule has 0 aliphatic rings. The van der Waals surface area contributed by atoms with Crippen LogP contribution in [0.4, 0.5) is 0 Å². The van der Waals surface area contributed by atoms with Gasteiger partial charge in [0.05, 0.1) is 14.3 Å². The van der Waals surface area contributed by atoms with Gasteiger partial charge in [0.15, 0.2) is 5.65 Å². The Hall–Kier alpha value is -2.79. The van der Waals surface area contributed by atoms with E-state index in [-0.39, 0.29) is 10.6 Å². The third kappa shape index (κ3) is 3.16. The van der Waals surface area contributed by atoms with Gasteiger partial charge in [-0.2, -0.15) is 0 Å². The highest BCUT2D eigenvalue weighted by molar-refractivity contribution is 14.1. The van der Waals surface area contributed by atoms with E-state index in [1.54, 1.807) is 42.5 Å². The van der Waals surface area contributed by atoms with Gasteiger partial charge in [-0.1, -0.05) is 24.3 Å². The Bertz CT molecular complexity index is 1320. The molecular weight excluding hydrogens is 493 g/mol. The molecule has 3 aromatic heterocycles. The van der Waals surface area contributed by atoms with Crippen molar-refractivity contribution in [3.63, 3.8) is 0 Å². The first-order valence-electron chi connectivity index (χ1n) is 8.06. The van der Waals surface area contributed by atoms with E-state index >= 15 is 0 Å². The van der Waals surface area contributed by atoms with Crippen molar-refractivity contribution in [2.75, 3.05) is 0 Å². The van der Waals surface area contributed by atoms with Crippen molar-refractivity contribution in [2.45, 2.75) is 4.90 Å². The summed E-state index contributed by atoms with van der Waals surface area (Å²) in [6.45, 7) is 0. The highest BCUT2D eigenvalue weighted by atomic mass is 127. The van der Waals surface area contributed by atoms with Gasteiger partial charge in [-0.05, 0) is 59.0 Å². The second kappa shape index (κ2) is 6.99. The fraction of sp³-hybridized carbons (Fsp3) is 0. The lowest BCUT2D eigenvalue weighted by atomic mass is 10.1.